The van der Waals surface area contributed by atoms with Gasteiger partial charge in [-0.3, -0.25) is 9.59 Å². The smallest absolute Gasteiger partial charge is 0.259 e. The Morgan fingerprint density at radius 1 is 1.00 bits per heavy atom. The maximum absolute atomic E-state index is 12.1. The van der Waals surface area contributed by atoms with Gasteiger partial charge in [0.05, 0.1) is 30.5 Å². The first-order valence-electron chi connectivity index (χ1n) is 9.76. The van der Waals surface area contributed by atoms with Crippen LogP contribution < -0.4 is 20.2 Å². The Labute approximate surface area is 191 Å². The van der Waals surface area contributed by atoms with Gasteiger partial charge in [0.25, 0.3) is 11.8 Å². The zero-order valence-electron chi connectivity index (χ0n) is 17.4. The van der Waals surface area contributed by atoms with Crippen molar-refractivity contribution in [3.05, 3.63) is 94.5 Å². The molecule has 0 aliphatic rings. The molecular weight excluding hydrogens is 430 g/mol. The molecule has 2 amide bonds. The van der Waals surface area contributed by atoms with Crippen molar-refractivity contribution in [3.8, 4) is 11.5 Å². The monoisotopic (exact) mass is 451 g/mol. The zero-order chi connectivity index (χ0) is 22.8. The van der Waals surface area contributed by atoms with E-state index in [-0.39, 0.29) is 6.54 Å². The maximum atomic E-state index is 12.1. The van der Waals surface area contributed by atoms with Crippen molar-refractivity contribution in [1.82, 2.24) is 10.7 Å². The normalized spacial score (nSPS) is 10.6. The highest BCUT2D eigenvalue weighted by Crippen LogP contribution is 2.28. The minimum absolute atomic E-state index is 0.239. The number of rotatable bonds is 9. The van der Waals surface area contributed by atoms with Crippen LogP contribution in [0.3, 0.4) is 0 Å². The minimum atomic E-state index is -0.476. The van der Waals surface area contributed by atoms with Crippen LogP contribution in [0.5, 0.6) is 11.5 Å². The number of amides is 2. The Morgan fingerprint density at radius 3 is 2.50 bits per heavy atom. The van der Waals surface area contributed by atoms with Crippen molar-refractivity contribution in [3.63, 3.8) is 0 Å². The highest BCUT2D eigenvalue weighted by molar-refractivity contribution is 6.33. The van der Waals surface area contributed by atoms with Gasteiger partial charge in [0.1, 0.15) is 6.61 Å². The Kier molecular flexibility index (Phi) is 8.22. The Balaban J connectivity index is 1.50. The molecular formula is C24H22ClN3O4. The lowest BCUT2D eigenvalue weighted by Gasteiger charge is -2.11. The predicted octanol–water partition coefficient (Wildman–Crippen LogP) is 3.81. The van der Waals surface area contributed by atoms with E-state index in [0.29, 0.717) is 34.3 Å². The number of benzene rings is 3. The predicted molar refractivity (Wildman–Crippen MR) is 123 cm³/mol. The number of hydrogen-bond acceptors (Lipinski definition) is 5. The lowest BCUT2D eigenvalue weighted by atomic mass is 10.2. The number of hydrazone groups is 1. The van der Waals surface area contributed by atoms with Gasteiger partial charge in [-0.2, -0.15) is 5.10 Å². The number of hydrogen-bond donors (Lipinski definition) is 2. The highest BCUT2D eigenvalue weighted by atomic mass is 35.5. The number of ether oxygens (including phenoxy) is 2. The molecule has 7 nitrogen and oxygen atoms in total. The lowest BCUT2D eigenvalue weighted by molar-refractivity contribution is -0.120. The quantitative estimate of drug-likeness (QED) is 0.382. The van der Waals surface area contributed by atoms with E-state index in [0.717, 1.165) is 5.56 Å². The minimum Gasteiger partial charge on any atom is -0.493 e. The van der Waals surface area contributed by atoms with Gasteiger partial charge >= 0.3 is 0 Å². The van der Waals surface area contributed by atoms with Crippen LogP contribution in [0.25, 0.3) is 0 Å². The van der Waals surface area contributed by atoms with Gasteiger partial charge in [-0.15, -0.1) is 0 Å². The van der Waals surface area contributed by atoms with Gasteiger partial charge in [0.2, 0.25) is 0 Å². The van der Waals surface area contributed by atoms with E-state index >= 15 is 0 Å². The maximum Gasteiger partial charge on any atom is 0.259 e. The molecule has 0 bridgehead atoms. The van der Waals surface area contributed by atoms with Crippen molar-refractivity contribution in [2.75, 3.05) is 13.7 Å². The summed E-state index contributed by atoms with van der Waals surface area (Å²) in [7, 11) is 1.55. The van der Waals surface area contributed by atoms with Crippen LogP contribution in [0.4, 0.5) is 0 Å². The van der Waals surface area contributed by atoms with Crippen molar-refractivity contribution < 1.29 is 19.1 Å². The number of methoxy groups -OCH3 is 1. The van der Waals surface area contributed by atoms with E-state index < -0.39 is 11.8 Å². The molecule has 2 N–H and O–H groups in total. The van der Waals surface area contributed by atoms with Gasteiger partial charge < -0.3 is 14.8 Å². The standard InChI is InChI=1S/C24H22ClN3O4/c1-31-22-13-18(11-12-21(22)32-16-17-7-3-2-4-8-17)14-27-28-23(29)15-26-24(30)19-9-5-6-10-20(19)25/h2-14H,15-16H2,1H3,(H,26,30)(H,28,29). The highest BCUT2D eigenvalue weighted by Gasteiger charge is 2.10. The summed E-state index contributed by atoms with van der Waals surface area (Å²) in [6.45, 7) is 0.178. The molecule has 8 heteroatoms. The van der Waals surface area contributed by atoms with Crippen molar-refractivity contribution >= 4 is 29.6 Å². The summed E-state index contributed by atoms with van der Waals surface area (Å²) in [5.41, 5.74) is 4.41. The first kappa shape index (κ1) is 22.8. The molecule has 0 saturated carbocycles. The topological polar surface area (TPSA) is 89.0 Å². The molecule has 0 aromatic heterocycles. The number of halogens is 1. The second-order valence-corrected chi connectivity index (χ2v) is 7.05. The summed E-state index contributed by atoms with van der Waals surface area (Å²) in [6, 6.07) is 21.7. The molecule has 0 radical (unpaired) electrons. The summed E-state index contributed by atoms with van der Waals surface area (Å²) in [5.74, 6) is 0.227. The van der Waals surface area contributed by atoms with Crippen LogP contribution in [0.15, 0.2) is 77.9 Å². The lowest BCUT2D eigenvalue weighted by Crippen LogP contribution is -2.35. The first-order valence-corrected chi connectivity index (χ1v) is 10.1. The van der Waals surface area contributed by atoms with Gasteiger partial charge in [0.15, 0.2) is 11.5 Å². The number of carbonyl (C=O) groups excluding carboxylic acids is 2. The summed E-state index contributed by atoms with van der Waals surface area (Å²) in [6.07, 6.45) is 1.47. The third-order valence-electron chi connectivity index (χ3n) is 4.36. The first-order chi connectivity index (χ1) is 15.6. The Hall–Kier alpha value is -3.84. The van der Waals surface area contributed by atoms with E-state index in [2.05, 4.69) is 15.8 Å². The van der Waals surface area contributed by atoms with E-state index in [4.69, 9.17) is 21.1 Å². The fourth-order valence-corrected chi connectivity index (χ4v) is 2.96. The summed E-state index contributed by atoms with van der Waals surface area (Å²) in [4.78, 5) is 24.0. The average Bonchev–Trinajstić information content (AvgIpc) is 2.82. The number of carbonyl (C=O) groups is 2. The SMILES string of the molecule is COc1cc(C=NNC(=O)CNC(=O)c2ccccc2Cl)ccc1OCc1ccccc1. The fraction of sp³-hybridized carbons (Fsp3) is 0.125. The molecule has 0 spiro atoms. The molecule has 0 atom stereocenters. The zero-order valence-corrected chi connectivity index (χ0v) is 18.1. The van der Waals surface area contributed by atoms with Crippen LogP contribution in [0.1, 0.15) is 21.5 Å². The van der Waals surface area contributed by atoms with Crippen LogP contribution in [-0.4, -0.2) is 31.7 Å². The van der Waals surface area contributed by atoms with Crippen LogP contribution in [-0.2, 0) is 11.4 Å². The molecule has 164 valence electrons. The van der Waals surface area contributed by atoms with E-state index in [1.807, 2.05) is 30.3 Å². The van der Waals surface area contributed by atoms with Crippen molar-refractivity contribution in [2.45, 2.75) is 6.61 Å². The molecule has 3 aromatic rings. The molecule has 32 heavy (non-hydrogen) atoms. The van der Waals surface area contributed by atoms with Crippen molar-refractivity contribution in [2.24, 2.45) is 5.10 Å². The van der Waals surface area contributed by atoms with E-state index in [1.54, 1.807) is 49.6 Å². The Bertz CT molecular complexity index is 1100. The molecule has 0 aliphatic heterocycles. The van der Waals surface area contributed by atoms with Gasteiger partial charge in [0, 0.05) is 0 Å². The molecule has 0 unspecified atom stereocenters. The summed E-state index contributed by atoms with van der Waals surface area (Å²) in [5, 5.41) is 6.72. The summed E-state index contributed by atoms with van der Waals surface area (Å²) < 4.78 is 11.2. The average molecular weight is 452 g/mol. The molecule has 0 heterocycles. The molecule has 0 aliphatic carbocycles. The van der Waals surface area contributed by atoms with Crippen LogP contribution in [0.2, 0.25) is 5.02 Å². The molecule has 3 rings (SSSR count). The second kappa shape index (κ2) is 11.5. The van der Waals surface area contributed by atoms with Gasteiger partial charge in [-0.1, -0.05) is 54.1 Å². The third kappa shape index (κ3) is 6.58. The molecule has 0 fully saturated rings. The Morgan fingerprint density at radius 2 is 1.75 bits per heavy atom. The second-order valence-electron chi connectivity index (χ2n) is 6.64. The van der Waals surface area contributed by atoms with E-state index in [1.165, 1.54) is 6.21 Å². The van der Waals surface area contributed by atoms with Gasteiger partial charge in [-0.25, -0.2) is 5.43 Å². The van der Waals surface area contributed by atoms with Crippen LogP contribution in [0, 0.1) is 0 Å². The molecule has 3 aromatic carbocycles. The fourth-order valence-electron chi connectivity index (χ4n) is 2.74. The van der Waals surface area contributed by atoms with Crippen LogP contribution >= 0.6 is 11.6 Å². The number of nitrogens with zero attached hydrogens (tertiary/aromatic N) is 1. The van der Waals surface area contributed by atoms with Gasteiger partial charge in [-0.05, 0) is 41.5 Å². The molecule has 0 saturated heterocycles. The summed E-state index contributed by atoms with van der Waals surface area (Å²) >= 11 is 5.97. The number of nitrogens with one attached hydrogen (secondary N) is 2. The largest absolute Gasteiger partial charge is 0.493 e. The van der Waals surface area contributed by atoms with E-state index in [9.17, 15) is 9.59 Å². The van der Waals surface area contributed by atoms with Crippen molar-refractivity contribution in [1.29, 1.82) is 0 Å². The third-order valence-corrected chi connectivity index (χ3v) is 4.69.